The van der Waals surface area contributed by atoms with Crippen LogP contribution in [0, 0.1) is 3.57 Å². The van der Waals surface area contributed by atoms with Gasteiger partial charge in [0.05, 0.1) is 5.02 Å². The monoisotopic (exact) mass is 335 g/mol. The van der Waals surface area contributed by atoms with Gasteiger partial charge in [-0.1, -0.05) is 17.7 Å². The summed E-state index contributed by atoms with van der Waals surface area (Å²) in [6.45, 7) is 4.12. The van der Waals surface area contributed by atoms with E-state index in [9.17, 15) is 4.79 Å². The van der Waals surface area contributed by atoms with Gasteiger partial charge in [-0.15, -0.1) is 6.58 Å². The summed E-state index contributed by atoms with van der Waals surface area (Å²) in [5.41, 5.74) is 0.602. The molecular formula is C11H11ClINO. The quantitative estimate of drug-likeness (QED) is 0.613. The van der Waals surface area contributed by atoms with Gasteiger partial charge >= 0.3 is 0 Å². The highest BCUT2D eigenvalue weighted by atomic mass is 127. The van der Waals surface area contributed by atoms with E-state index in [0.29, 0.717) is 17.1 Å². The summed E-state index contributed by atoms with van der Waals surface area (Å²) >= 11 is 8.07. The normalized spacial score (nSPS) is 9.80. The maximum absolute atomic E-state index is 11.8. The van der Waals surface area contributed by atoms with Crippen LogP contribution in [0.1, 0.15) is 10.4 Å². The van der Waals surface area contributed by atoms with E-state index in [0.717, 1.165) is 3.57 Å². The van der Waals surface area contributed by atoms with Crippen molar-refractivity contribution in [3.05, 3.63) is 45.0 Å². The lowest BCUT2D eigenvalue weighted by atomic mass is 10.2. The highest BCUT2D eigenvalue weighted by Gasteiger charge is 2.11. The third kappa shape index (κ3) is 3.21. The van der Waals surface area contributed by atoms with Gasteiger partial charge < -0.3 is 4.90 Å². The number of carbonyl (C=O) groups excluding carboxylic acids is 1. The summed E-state index contributed by atoms with van der Waals surface area (Å²) in [7, 11) is 1.73. The predicted octanol–water partition coefficient (Wildman–Crippen LogP) is 3.20. The largest absolute Gasteiger partial charge is 0.338 e. The van der Waals surface area contributed by atoms with E-state index in [4.69, 9.17) is 11.6 Å². The van der Waals surface area contributed by atoms with Crippen LogP contribution in [0.2, 0.25) is 5.02 Å². The minimum Gasteiger partial charge on any atom is -0.338 e. The molecule has 0 bridgehead atoms. The van der Waals surface area contributed by atoms with Crippen LogP contribution in [-0.4, -0.2) is 24.4 Å². The fourth-order valence-electron chi connectivity index (χ4n) is 1.13. The predicted molar refractivity (Wildman–Crippen MR) is 71.3 cm³/mol. The standard InChI is InChI=1S/C11H11ClINO/c1-3-6-14(2)11(15)8-4-5-10(13)9(12)7-8/h3-5,7H,1,6H2,2H3. The number of benzene rings is 1. The van der Waals surface area contributed by atoms with E-state index < -0.39 is 0 Å². The molecule has 1 amide bonds. The highest BCUT2D eigenvalue weighted by molar-refractivity contribution is 14.1. The van der Waals surface area contributed by atoms with Crippen LogP contribution in [0.3, 0.4) is 0 Å². The second-order valence-electron chi connectivity index (χ2n) is 3.10. The van der Waals surface area contributed by atoms with E-state index >= 15 is 0 Å². The second-order valence-corrected chi connectivity index (χ2v) is 4.67. The summed E-state index contributed by atoms with van der Waals surface area (Å²) in [6, 6.07) is 5.29. The van der Waals surface area contributed by atoms with Crippen LogP contribution in [0.15, 0.2) is 30.9 Å². The third-order valence-corrected chi connectivity index (χ3v) is 3.49. The first-order chi connectivity index (χ1) is 7.06. The van der Waals surface area contributed by atoms with Crippen LogP contribution >= 0.6 is 34.2 Å². The van der Waals surface area contributed by atoms with Crippen molar-refractivity contribution >= 4 is 40.1 Å². The van der Waals surface area contributed by atoms with Crippen LogP contribution in [0.4, 0.5) is 0 Å². The lowest BCUT2D eigenvalue weighted by Crippen LogP contribution is -2.26. The maximum Gasteiger partial charge on any atom is 0.253 e. The Morgan fingerprint density at radius 1 is 1.67 bits per heavy atom. The molecule has 0 radical (unpaired) electrons. The molecule has 1 rings (SSSR count). The zero-order chi connectivity index (χ0) is 11.4. The molecule has 0 saturated carbocycles. The molecule has 1 aromatic carbocycles. The van der Waals surface area contributed by atoms with E-state index in [1.54, 1.807) is 30.2 Å². The molecular weight excluding hydrogens is 324 g/mol. The van der Waals surface area contributed by atoms with Gasteiger partial charge in [-0.25, -0.2) is 0 Å². The first-order valence-electron chi connectivity index (χ1n) is 4.37. The molecule has 0 unspecified atom stereocenters. The zero-order valence-corrected chi connectivity index (χ0v) is 11.2. The summed E-state index contributed by atoms with van der Waals surface area (Å²) in [5, 5.41) is 0.605. The van der Waals surface area contributed by atoms with Gasteiger partial charge in [0.15, 0.2) is 0 Å². The minimum absolute atomic E-state index is 0.0480. The molecule has 0 spiro atoms. The molecule has 2 nitrogen and oxygen atoms in total. The average Bonchev–Trinajstić information content (AvgIpc) is 2.21. The number of halogens is 2. The molecule has 15 heavy (non-hydrogen) atoms. The van der Waals surface area contributed by atoms with Gasteiger partial charge in [-0.3, -0.25) is 4.79 Å². The molecule has 0 atom stereocenters. The minimum atomic E-state index is -0.0480. The number of nitrogens with zero attached hydrogens (tertiary/aromatic N) is 1. The summed E-state index contributed by atoms with van der Waals surface area (Å²) in [4.78, 5) is 13.4. The first kappa shape index (κ1) is 12.5. The number of amides is 1. The first-order valence-corrected chi connectivity index (χ1v) is 5.83. The van der Waals surface area contributed by atoms with Crippen molar-refractivity contribution in [1.82, 2.24) is 4.90 Å². The average molecular weight is 336 g/mol. The van der Waals surface area contributed by atoms with E-state index in [2.05, 4.69) is 29.2 Å². The Bertz CT molecular complexity index is 392. The maximum atomic E-state index is 11.8. The zero-order valence-electron chi connectivity index (χ0n) is 8.34. The Hall–Kier alpha value is -0.550. The van der Waals surface area contributed by atoms with E-state index in [1.807, 2.05) is 6.07 Å². The Kier molecular flexibility index (Phi) is 4.60. The molecule has 0 saturated heterocycles. The fraction of sp³-hybridized carbons (Fsp3) is 0.182. The molecule has 0 fully saturated rings. The smallest absolute Gasteiger partial charge is 0.253 e. The number of carbonyl (C=O) groups is 1. The Morgan fingerprint density at radius 2 is 2.33 bits per heavy atom. The van der Waals surface area contributed by atoms with Crippen LogP contribution in [0.5, 0.6) is 0 Å². The Balaban J connectivity index is 2.91. The van der Waals surface area contributed by atoms with Crippen molar-refractivity contribution in [2.24, 2.45) is 0 Å². The van der Waals surface area contributed by atoms with Gasteiger partial charge in [0.1, 0.15) is 0 Å². The molecule has 1 aromatic rings. The van der Waals surface area contributed by atoms with Gasteiger partial charge in [0.25, 0.3) is 5.91 Å². The van der Waals surface area contributed by atoms with Crippen molar-refractivity contribution in [3.8, 4) is 0 Å². The summed E-state index contributed by atoms with van der Waals surface area (Å²) in [5.74, 6) is -0.0480. The number of likely N-dealkylation sites (N-methyl/N-ethyl adjacent to an activating group) is 1. The van der Waals surface area contributed by atoms with Crippen LogP contribution in [-0.2, 0) is 0 Å². The Labute approximate surface area is 108 Å². The summed E-state index contributed by atoms with van der Waals surface area (Å²) < 4.78 is 0.942. The second kappa shape index (κ2) is 5.51. The Morgan fingerprint density at radius 3 is 2.87 bits per heavy atom. The molecule has 0 aliphatic heterocycles. The SMILES string of the molecule is C=CCN(C)C(=O)c1ccc(I)c(Cl)c1. The lowest BCUT2D eigenvalue weighted by molar-refractivity contribution is 0.0810. The summed E-state index contributed by atoms with van der Waals surface area (Å²) in [6.07, 6.45) is 1.69. The lowest BCUT2D eigenvalue weighted by Gasteiger charge is -2.14. The van der Waals surface area contributed by atoms with Crippen molar-refractivity contribution in [1.29, 1.82) is 0 Å². The molecule has 0 heterocycles. The van der Waals surface area contributed by atoms with Crippen molar-refractivity contribution in [2.75, 3.05) is 13.6 Å². The van der Waals surface area contributed by atoms with Crippen molar-refractivity contribution in [2.45, 2.75) is 0 Å². The molecule has 4 heteroatoms. The van der Waals surface area contributed by atoms with Crippen LogP contribution in [0.25, 0.3) is 0 Å². The van der Waals surface area contributed by atoms with Gasteiger partial charge in [0.2, 0.25) is 0 Å². The number of hydrogen-bond donors (Lipinski definition) is 0. The van der Waals surface area contributed by atoms with Gasteiger partial charge in [0, 0.05) is 22.7 Å². The van der Waals surface area contributed by atoms with Gasteiger partial charge in [-0.05, 0) is 40.8 Å². The fourth-order valence-corrected chi connectivity index (χ4v) is 1.64. The van der Waals surface area contributed by atoms with Crippen LogP contribution < -0.4 is 0 Å². The molecule has 0 aromatic heterocycles. The molecule has 0 aliphatic rings. The third-order valence-electron chi connectivity index (χ3n) is 1.92. The molecule has 0 aliphatic carbocycles. The molecule has 0 N–H and O–H groups in total. The topological polar surface area (TPSA) is 20.3 Å². The number of rotatable bonds is 3. The van der Waals surface area contributed by atoms with E-state index in [1.165, 1.54) is 0 Å². The van der Waals surface area contributed by atoms with Gasteiger partial charge in [-0.2, -0.15) is 0 Å². The van der Waals surface area contributed by atoms with Crippen molar-refractivity contribution in [3.63, 3.8) is 0 Å². The number of hydrogen-bond acceptors (Lipinski definition) is 1. The van der Waals surface area contributed by atoms with Crippen molar-refractivity contribution < 1.29 is 4.79 Å². The molecule has 80 valence electrons. The van der Waals surface area contributed by atoms with E-state index in [-0.39, 0.29) is 5.91 Å². The highest BCUT2D eigenvalue weighted by Crippen LogP contribution is 2.20.